The molecule has 0 aromatic rings. The second-order valence-electron chi connectivity index (χ2n) is 6.14. The third kappa shape index (κ3) is 2.86. The van der Waals surface area contributed by atoms with Gasteiger partial charge in [0.05, 0.1) is 0 Å². The monoisotopic (exact) mass is 254 g/mol. The molecule has 17 heavy (non-hydrogen) atoms. The van der Waals surface area contributed by atoms with Gasteiger partial charge in [0.2, 0.25) is 0 Å². The smallest absolute Gasteiger partial charge is 0.0253 e. The summed E-state index contributed by atoms with van der Waals surface area (Å²) in [5.74, 6) is 1.91. The van der Waals surface area contributed by atoms with Crippen LogP contribution in [-0.4, -0.2) is 36.6 Å². The first-order chi connectivity index (χ1) is 8.28. The maximum Gasteiger partial charge on any atom is 0.0253 e. The molecular formula is C14H23ClN2. The zero-order chi connectivity index (χ0) is 11.8. The van der Waals surface area contributed by atoms with Crippen molar-refractivity contribution in [2.24, 2.45) is 11.8 Å². The summed E-state index contributed by atoms with van der Waals surface area (Å²) in [5, 5.41) is 3.78. The Bertz CT molecular complexity index is 307. The summed E-state index contributed by atoms with van der Waals surface area (Å²) in [6, 6.07) is 1.50. The van der Waals surface area contributed by atoms with E-state index in [1.54, 1.807) is 5.54 Å². The van der Waals surface area contributed by atoms with E-state index in [1.165, 1.54) is 44.3 Å². The lowest BCUT2D eigenvalue weighted by Gasteiger charge is -2.41. The second-order valence-corrected chi connectivity index (χ2v) is 6.36. The number of nitrogens with one attached hydrogen (secondary N) is 1. The normalized spacial score (nSPS) is 36.2. The van der Waals surface area contributed by atoms with Crippen LogP contribution < -0.4 is 5.32 Å². The van der Waals surface area contributed by atoms with E-state index in [-0.39, 0.29) is 0 Å². The Morgan fingerprint density at radius 1 is 1.29 bits per heavy atom. The maximum absolute atomic E-state index is 5.82. The van der Waals surface area contributed by atoms with Crippen molar-refractivity contribution >= 4 is 11.6 Å². The maximum atomic E-state index is 5.82. The van der Waals surface area contributed by atoms with E-state index in [0.717, 1.165) is 30.5 Å². The van der Waals surface area contributed by atoms with Gasteiger partial charge >= 0.3 is 0 Å². The molecule has 2 unspecified atom stereocenters. The molecule has 0 radical (unpaired) electrons. The number of halogens is 1. The lowest BCUT2D eigenvalue weighted by molar-refractivity contribution is 0.118. The highest BCUT2D eigenvalue weighted by Crippen LogP contribution is 2.39. The highest BCUT2D eigenvalue weighted by molar-refractivity contribution is 6.25. The zero-order valence-corrected chi connectivity index (χ0v) is 11.4. The summed E-state index contributed by atoms with van der Waals surface area (Å²) >= 11 is 5.82. The summed E-state index contributed by atoms with van der Waals surface area (Å²) < 4.78 is 0. The van der Waals surface area contributed by atoms with E-state index in [2.05, 4.69) is 17.1 Å². The SMILES string of the molecule is CC(=CCl)CN1CC(C2CC2)NCC1C1CC1. The van der Waals surface area contributed by atoms with Gasteiger partial charge in [0.15, 0.2) is 0 Å². The van der Waals surface area contributed by atoms with Crippen molar-refractivity contribution in [3.63, 3.8) is 0 Å². The third-order valence-corrected chi connectivity index (χ3v) is 4.86. The van der Waals surface area contributed by atoms with Crippen LogP contribution in [0.2, 0.25) is 0 Å². The lowest BCUT2D eigenvalue weighted by Crippen LogP contribution is -2.58. The molecule has 96 valence electrons. The highest BCUT2D eigenvalue weighted by Gasteiger charge is 2.42. The minimum atomic E-state index is 0.744. The first-order valence-electron chi connectivity index (χ1n) is 7.01. The Labute approximate surface area is 109 Å². The minimum absolute atomic E-state index is 0.744. The highest BCUT2D eigenvalue weighted by atomic mass is 35.5. The fourth-order valence-corrected chi connectivity index (χ4v) is 3.22. The van der Waals surface area contributed by atoms with Gasteiger partial charge in [-0.25, -0.2) is 0 Å². The molecular weight excluding hydrogens is 232 g/mol. The van der Waals surface area contributed by atoms with Crippen LogP contribution in [0.15, 0.2) is 11.1 Å². The first-order valence-corrected chi connectivity index (χ1v) is 7.45. The van der Waals surface area contributed by atoms with Gasteiger partial charge in [-0.2, -0.15) is 0 Å². The van der Waals surface area contributed by atoms with Crippen molar-refractivity contribution in [3.05, 3.63) is 11.1 Å². The molecule has 3 aliphatic rings. The van der Waals surface area contributed by atoms with Crippen LogP contribution in [0.5, 0.6) is 0 Å². The van der Waals surface area contributed by atoms with Crippen molar-refractivity contribution in [3.8, 4) is 0 Å². The molecule has 2 atom stereocenters. The molecule has 3 rings (SSSR count). The molecule has 2 aliphatic carbocycles. The number of piperazine rings is 1. The molecule has 3 heteroatoms. The summed E-state index contributed by atoms with van der Waals surface area (Å²) in [6.45, 7) is 5.63. The summed E-state index contributed by atoms with van der Waals surface area (Å²) in [6.07, 6.45) is 5.73. The van der Waals surface area contributed by atoms with Crippen LogP contribution in [0.4, 0.5) is 0 Å². The molecule has 2 saturated carbocycles. The molecule has 1 heterocycles. The Morgan fingerprint density at radius 3 is 2.59 bits per heavy atom. The van der Waals surface area contributed by atoms with Crippen molar-refractivity contribution < 1.29 is 0 Å². The average molecular weight is 255 g/mol. The van der Waals surface area contributed by atoms with Crippen molar-refractivity contribution in [2.75, 3.05) is 19.6 Å². The fourth-order valence-electron chi connectivity index (χ4n) is 3.15. The van der Waals surface area contributed by atoms with Gasteiger partial charge in [-0.05, 0) is 50.0 Å². The Morgan fingerprint density at radius 2 is 2.00 bits per heavy atom. The summed E-state index contributed by atoms with van der Waals surface area (Å²) in [4.78, 5) is 2.69. The summed E-state index contributed by atoms with van der Waals surface area (Å²) in [5.41, 5.74) is 3.05. The minimum Gasteiger partial charge on any atom is -0.311 e. The van der Waals surface area contributed by atoms with Crippen LogP contribution in [0.3, 0.4) is 0 Å². The molecule has 1 saturated heterocycles. The summed E-state index contributed by atoms with van der Waals surface area (Å²) in [7, 11) is 0. The standard InChI is InChI=1S/C14H23ClN2/c1-10(6-15)8-17-9-13(11-2-3-11)16-7-14(17)12-4-5-12/h6,11-14,16H,2-5,7-9H2,1H3. The van der Waals surface area contributed by atoms with Gasteiger partial charge in [0.1, 0.15) is 0 Å². The van der Waals surface area contributed by atoms with E-state index in [4.69, 9.17) is 11.6 Å². The van der Waals surface area contributed by atoms with Crippen molar-refractivity contribution in [1.29, 1.82) is 0 Å². The van der Waals surface area contributed by atoms with Gasteiger partial charge in [-0.3, -0.25) is 4.90 Å². The van der Waals surface area contributed by atoms with Crippen LogP contribution in [0.1, 0.15) is 32.6 Å². The predicted molar refractivity (Wildman–Crippen MR) is 72.2 cm³/mol. The Kier molecular flexibility index (Phi) is 3.47. The molecule has 0 amide bonds. The molecule has 0 aromatic heterocycles. The molecule has 1 N–H and O–H groups in total. The van der Waals surface area contributed by atoms with Crippen molar-refractivity contribution in [2.45, 2.75) is 44.7 Å². The average Bonchev–Trinajstić information content (AvgIpc) is 3.18. The van der Waals surface area contributed by atoms with E-state index < -0.39 is 0 Å². The molecule has 0 bridgehead atoms. The van der Waals surface area contributed by atoms with E-state index >= 15 is 0 Å². The molecule has 0 spiro atoms. The van der Waals surface area contributed by atoms with Gasteiger partial charge in [-0.15, -0.1) is 0 Å². The quantitative estimate of drug-likeness (QED) is 0.830. The number of hydrogen-bond donors (Lipinski definition) is 1. The number of nitrogens with zero attached hydrogens (tertiary/aromatic N) is 1. The molecule has 2 nitrogen and oxygen atoms in total. The Balaban J connectivity index is 1.64. The van der Waals surface area contributed by atoms with Gasteiger partial charge in [0, 0.05) is 37.3 Å². The van der Waals surface area contributed by atoms with Crippen LogP contribution in [0, 0.1) is 11.8 Å². The van der Waals surface area contributed by atoms with Crippen LogP contribution in [0.25, 0.3) is 0 Å². The van der Waals surface area contributed by atoms with Gasteiger partial charge < -0.3 is 5.32 Å². The van der Waals surface area contributed by atoms with E-state index in [0.29, 0.717) is 0 Å². The molecule has 3 fully saturated rings. The van der Waals surface area contributed by atoms with E-state index in [1.807, 2.05) is 0 Å². The van der Waals surface area contributed by atoms with Gasteiger partial charge in [0.25, 0.3) is 0 Å². The zero-order valence-electron chi connectivity index (χ0n) is 10.7. The topological polar surface area (TPSA) is 15.3 Å². The molecule has 1 aliphatic heterocycles. The van der Waals surface area contributed by atoms with E-state index in [9.17, 15) is 0 Å². The third-order valence-electron chi connectivity index (χ3n) is 4.49. The van der Waals surface area contributed by atoms with Crippen LogP contribution in [-0.2, 0) is 0 Å². The number of hydrogen-bond acceptors (Lipinski definition) is 2. The number of rotatable bonds is 4. The fraction of sp³-hybridized carbons (Fsp3) is 0.857. The first kappa shape index (κ1) is 12.0. The lowest BCUT2D eigenvalue weighted by atomic mass is 10.0. The predicted octanol–water partition coefficient (Wildman–Crippen LogP) is 2.59. The Hall–Kier alpha value is -0.0500. The second kappa shape index (κ2) is 4.91. The van der Waals surface area contributed by atoms with Crippen molar-refractivity contribution in [1.82, 2.24) is 10.2 Å². The van der Waals surface area contributed by atoms with Gasteiger partial charge in [-0.1, -0.05) is 11.6 Å². The largest absolute Gasteiger partial charge is 0.311 e. The molecule has 0 aromatic carbocycles. The van der Waals surface area contributed by atoms with Crippen LogP contribution >= 0.6 is 11.6 Å².